The van der Waals surface area contributed by atoms with Crippen molar-refractivity contribution in [2.24, 2.45) is 0 Å². The first kappa shape index (κ1) is 61.5. The molecule has 0 amide bonds. The molecule has 0 fully saturated rings. The maximum Gasteiger partial charge on any atom is 0.416 e. The average Bonchev–Trinajstić information content (AvgIpc) is 3.31. The molecule has 0 unspecified atom stereocenters. The van der Waals surface area contributed by atoms with Gasteiger partial charge in [0.25, 0.3) is 0 Å². The van der Waals surface area contributed by atoms with E-state index in [1.165, 1.54) is 31.4 Å². The van der Waals surface area contributed by atoms with Crippen LogP contribution in [0.1, 0.15) is 61.2 Å². The highest BCUT2D eigenvalue weighted by Gasteiger charge is 2.47. The van der Waals surface area contributed by atoms with Gasteiger partial charge in [0, 0.05) is 0 Å². The van der Waals surface area contributed by atoms with Crippen LogP contribution in [0.15, 0.2) is 160 Å². The largest absolute Gasteiger partial charge is 0.416 e. The second kappa shape index (κ2) is 21.4. The molecule has 0 heterocycles. The summed E-state index contributed by atoms with van der Waals surface area (Å²) >= 11 is 0. The van der Waals surface area contributed by atoms with Crippen LogP contribution in [0.4, 0.5) is 105 Å². The van der Waals surface area contributed by atoms with Crippen LogP contribution < -0.4 is 21.9 Å². The highest BCUT2D eigenvalue weighted by Crippen LogP contribution is 2.42. The third-order valence-electron chi connectivity index (χ3n) is 12.2. The number of halogens is 24. The summed E-state index contributed by atoms with van der Waals surface area (Å²) in [5.74, 6) is 0. The zero-order chi connectivity index (χ0) is 59.4. The minimum absolute atomic E-state index is 0.0394. The molecular weight excluding hydrogens is 1140 g/mol. The predicted molar refractivity (Wildman–Crippen MR) is 246 cm³/mol. The van der Waals surface area contributed by atoms with Gasteiger partial charge in [-0.05, 0) is 81.4 Å². The Kier molecular flexibility index (Phi) is 16.6. The highest BCUT2D eigenvalue weighted by atomic mass is 32.2. The molecule has 422 valence electrons. The predicted octanol–water partition coefficient (Wildman–Crippen LogP) is 16.9. The third-order valence-corrected chi connectivity index (χ3v) is 14.4. The van der Waals surface area contributed by atoms with Gasteiger partial charge in [-0.25, -0.2) is 0 Å². The molecule has 0 saturated heterocycles. The molecule has 7 rings (SSSR count). The molecule has 0 saturated carbocycles. The molecule has 0 aliphatic carbocycles. The molecule has 7 aromatic carbocycles. The van der Waals surface area contributed by atoms with E-state index in [2.05, 4.69) is 93.6 Å². The smallest absolute Gasteiger partial charge is 0.194 e. The quantitative estimate of drug-likeness (QED) is 0.0848. The van der Waals surface area contributed by atoms with Crippen molar-refractivity contribution in [2.75, 3.05) is 0 Å². The van der Waals surface area contributed by atoms with E-state index in [4.69, 9.17) is 0 Å². The van der Waals surface area contributed by atoms with Gasteiger partial charge >= 0.3 is 49.4 Å². The molecule has 0 nitrogen and oxygen atoms in total. The standard InChI is InChI=1S/C32H12BF24.C21H21S/c34-25(35,36)13-1-14(26(37,38)39)6-21(5-13)33(22-7-15(27(40,41)42)2-16(8-22)28(43,44)45,23-9-17(29(46,47)48)3-18(10-23)30(49,50)51)24-11-19(31(52,53)54)4-20(12-24)32(55,56)57;1-16-4-10-19(11-5-16)22(20-12-6-17(2)7-13-20)21-14-8-18(3)9-15-21/h1-12H;4-15H,1-3H3/q-1;+1. The van der Waals surface area contributed by atoms with Crippen molar-refractivity contribution in [3.05, 3.63) is 207 Å². The van der Waals surface area contributed by atoms with Crippen LogP contribution in [0.5, 0.6) is 0 Å². The fourth-order valence-corrected chi connectivity index (χ4v) is 10.5. The van der Waals surface area contributed by atoms with E-state index in [0.29, 0.717) is 0 Å². The van der Waals surface area contributed by atoms with Gasteiger partial charge in [-0.1, -0.05) is 102 Å². The minimum atomic E-state index is -6.13. The molecule has 0 aliphatic heterocycles. The number of rotatable bonds is 7. The molecule has 0 radical (unpaired) electrons. The molecule has 0 bridgehead atoms. The fraction of sp³-hybridized carbons (Fsp3) is 0.208. The van der Waals surface area contributed by atoms with Crippen molar-refractivity contribution in [3.63, 3.8) is 0 Å². The Labute approximate surface area is 435 Å². The Morgan fingerprint density at radius 1 is 0.228 bits per heavy atom. The van der Waals surface area contributed by atoms with Crippen LogP contribution in [0.2, 0.25) is 0 Å². The number of aryl methyl sites for hydroxylation is 3. The Balaban J connectivity index is 0.000000378. The Morgan fingerprint density at radius 2 is 0.367 bits per heavy atom. The van der Waals surface area contributed by atoms with Crippen molar-refractivity contribution in [1.29, 1.82) is 0 Å². The lowest BCUT2D eigenvalue weighted by molar-refractivity contribution is -0.144. The number of benzene rings is 7. The summed E-state index contributed by atoms with van der Waals surface area (Å²) in [6.45, 7) is 6.42. The van der Waals surface area contributed by atoms with Gasteiger partial charge in [0.1, 0.15) is 6.15 Å². The van der Waals surface area contributed by atoms with Crippen LogP contribution in [0.3, 0.4) is 0 Å². The normalized spacial score (nSPS) is 13.4. The minimum Gasteiger partial charge on any atom is -0.194 e. The molecule has 79 heavy (non-hydrogen) atoms. The summed E-state index contributed by atoms with van der Waals surface area (Å²) in [5, 5.41) is 0. The van der Waals surface area contributed by atoms with E-state index in [1.54, 1.807) is 0 Å². The Bertz CT molecular complexity index is 2740. The summed E-state index contributed by atoms with van der Waals surface area (Å²) < 4.78 is 341. The molecule has 0 N–H and O–H groups in total. The molecule has 0 spiro atoms. The Morgan fingerprint density at radius 3 is 0.494 bits per heavy atom. The van der Waals surface area contributed by atoms with Crippen molar-refractivity contribution in [2.45, 2.75) is 84.9 Å². The Hall–Kier alpha value is -6.73. The van der Waals surface area contributed by atoms with Crippen molar-refractivity contribution >= 4 is 38.9 Å². The van der Waals surface area contributed by atoms with Gasteiger partial charge in [-0.3, -0.25) is 0 Å². The van der Waals surface area contributed by atoms with Crippen LogP contribution in [0, 0.1) is 20.8 Å². The van der Waals surface area contributed by atoms with Gasteiger partial charge in [0.15, 0.2) is 14.7 Å². The van der Waals surface area contributed by atoms with Crippen LogP contribution >= 0.6 is 0 Å². The van der Waals surface area contributed by atoms with Gasteiger partial charge in [-0.2, -0.15) is 127 Å². The summed E-state index contributed by atoms with van der Waals surface area (Å²) in [4.78, 5) is 4.12. The lowest BCUT2D eigenvalue weighted by atomic mass is 9.12. The van der Waals surface area contributed by atoms with Gasteiger partial charge in [0.2, 0.25) is 0 Å². The fourth-order valence-electron chi connectivity index (χ4n) is 8.50. The van der Waals surface area contributed by atoms with Crippen molar-refractivity contribution in [3.8, 4) is 0 Å². The number of alkyl halides is 24. The first-order chi connectivity index (χ1) is 35.9. The van der Waals surface area contributed by atoms with Crippen molar-refractivity contribution in [1.82, 2.24) is 0 Å². The molecule has 7 aromatic rings. The second-order valence-corrected chi connectivity index (χ2v) is 20.0. The first-order valence-corrected chi connectivity index (χ1v) is 23.4. The monoisotopic (exact) mass is 1170 g/mol. The maximum absolute atomic E-state index is 14.2. The lowest BCUT2D eigenvalue weighted by Gasteiger charge is -2.46. The molecule has 26 heteroatoms. The van der Waals surface area contributed by atoms with Gasteiger partial charge in [0.05, 0.1) is 55.4 Å². The summed E-state index contributed by atoms with van der Waals surface area (Å²) in [7, 11) is -0.0394. The van der Waals surface area contributed by atoms with Crippen LogP contribution in [0.25, 0.3) is 0 Å². The highest BCUT2D eigenvalue weighted by molar-refractivity contribution is 7.97. The topological polar surface area (TPSA) is 0 Å². The summed E-state index contributed by atoms with van der Waals surface area (Å²) in [5.41, 5.74) is -26.3. The maximum atomic E-state index is 14.2. The SMILES string of the molecule is Cc1ccc([S+](c2ccc(C)cc2)c2ccc(C)cc2)cc1.FC(F)(F)c1cc([B-](c2cc(C(F)(F)F)cc(C(F)(F)F)c2)(c2cc(C(F)(F)F)cc(C(F)(F)F)c2)c2cc(C(F)(F)F)cc(C(F)(F)F)c2)cc(C(F)(F)F)c1. The summed E-state index contributed by atoms with van der Waals surface area (Å²) in [6, 6.07) is 18.0. The van der Waals surface area contributed by atoms with Gasteiger partial charge in [-0.15, -0.1) is 0 Å². The van der Waals surface area contributed by atoms with Crippen LogP contribution in [-0.2, 0) is 60.3 Å². The lowest BCUT2D eigenvalue weighted by Crippen LogP contribution is -2.75. The first-order valence-electron chi connectivity index (χ1n) is 22.2. The van der Waals surface area contributed by atoms with Crippen molar-refractivity contribution < 1.29 is 105 Å². The van der Waals surface area contributed by atoms with E-state index in [9.17, 15) is 105 Å². The molecule has 0 aromatic heterocycles. The van der Waals surface area contributed by atoms with Crippen LogP contribution in [-0.4, -0.2) is 6.15 Å². The number of hydrogen-bond donors (Lipinski definition) is 0. The zero-order valence-electron chi connectivity index (χ0n) is 39.9. The summed E-state index contributed by atoms with van der Waals surface area (Å²) in [6.07, 6.45) is -54.8. The second-order valence-electron chi connectivity index (χ2n) is 18.0. The van der Waals surface area contributed by atoms with E-state index in [-0.39, 0.29) is 10.9 Å². The average molecular weight is 1170 g/mol. The molecular formula is C53H33BF24S. The zero-order valence-corrected chi connectivity index (χ0v) is 40.7. The van der Waals surface area contributed by atoms with Gasteiger partial charge < -0.3 is 0 Å². The van der Waals surface area contributed by atoms with E-state index in [1.807, 2.05) is 0 Å². The van der Waals surface area contributed by atoms with E-state index in [0.717, 1.165) is 0 Å². The molecule has 0 aliphatic rings. The third kappa shape index (κ3) is 14.2. The molecule has 0 atom stereocenters. The van der Waals surface area contributed by atoms with E-state index >= 15 is 0 Å². The number of hydrogen-bond acceptors (Lipinski definition) is 0. The van der Waals surface area contributed by atoms with E-state index < -0.39 is 195 Å².